The Morgan fingerprint density at radius 1 is 1.41 bits per heavy atom. The van der Waals surface area contributed by atoms with Crippen molar-refractivity contribution in [2.24, 2.45) is 0 Å². The average molecular weight is 322 g/mol. The molecule has 22 heavy (non-hydrogen) atoms. The summed E-state index contributed by atoms with van der Waals surface area (Å²) in [6, 6.07) is 4.87. The number of aliphatic hydroxyl groups excluding tert-OH is 1. The molecule has 2 aliphatic heterocycles. The minimum Gasteiger partial charge on any atom is -0.393 e. The van der Waals surface area contributed by atoms with Gasteiger partial charge in [0.05, 0.1) is 18.7 Å². The quantitative estimate of drug-likeness (QED) is 0.906. The van der Waals surface area contributed by atoms with Crippen LogP contribution >= 0.6 is 11.3 Å². The minimum atomic E-state index is -0.286. The van der Waals surface area contributed by atoms with Gasteiger partial charge in [-0.05, 0) is 57.0 Å². The molecule has 2 saturated heterocycles. The second-order valence-corrected chi connectivity index (χ2v) is 7.59. The summed E-state index contributed by atoms with van der Waals surface area (Å²) < 4.78 is 0. The first-order valence-corrected chi connectivity index (χ1v) is 9.28. The van der Waals surface area contributed by atoms with Gasteiger partial charge in [0.25, 0.3) is 0 Å². The van der Waals surface area contributed by atoms with Gasteiger partial charge in [0.1, 0.15) is 0 Å². The van der Waals surface area contributed by atoms with Gasteiger partial charge in [-0.1, -0.05) is 6.07 Å². The van der Waals surface area contributed by atoms with Gasteiger partial charge in [-0.25, -0.2) is 0 Å². The maximum absolute atomic E-state index is 12.8. The van der Waals surface area contributed by atoms with Crippen molar-refractivity contribution in [3.63, 3.8) is 0 Å². The lowest BCUT2D eigenvalue weighted by Gasteiger charge is -2.29. The summed E-state index contributed by atoms with van der Waals surface area (Å²) in [5.41, 5.74) is 0. The smallest absolute Gasteiger partial charge is 0.237 e. The molecule has 0 radical (unpaired) electrons. The van der Waals surface area contributed by atoms with E-state index in [9.17, 15) is 9.90 Å². The Kier molecular flexibility index (Phi) is 5.16. The molecule has 5 heteroatoms. The maximum atomic E-state index is 12.8. The molecule has 0 aromatic carbocycles. The highest BCUT2D eigenvalue weighted by atomic mass is 32.1. The number of hydrogen-bond acceptors (Lipinski definition) is 4. The zero-order chi connectivity index (χ0) is 15.5. The fourth-order valence-electron chi connectivity index (χ4n) is 3.87. The SMILES string of the molecule is CC(O)CC1CCCN1CC(=O)N1CCCC1c1cccs1. The molecule has 0 saturated carbocycles. The number of likely N-dealkylation sites (tertiary alicyclic amines) is 2. The highest BCUT2D eigenvalue weighted by Crippen LogP contribution is 2.34. The van der Waals surface area contributed by atoms with Crippen LogP contribution in [0.15, 0.2) is 17.5 Å². The molecule has 0 spiro atoms. The van der Waals surface area contributed by atoms with Crippen molar-refractivity contribution < 1.29 is 9.90 Å². The summed E-state index contributed by atoms with van der Waals surface area (Å²) in [6.07, 6.45) is 4.92. The van der Waals surface area contributed by atoms with Crippen molar-refractivity contribution in [3.05, 3.63) is 22.4 Å². The number of hydrogen-bond donors (Lipinski definition) is 1. The first-order valence-electron chi connectivity index (χ1n) is 8.40. The molecule has 2 fully saturated rings. The molecule has 4 nitrogen and oxygen atoms in total. The standard InChI is InChI=1S/C17H26N2O2S/c1-13(20)11-14-5-2-8-18(14)12-17(21)19-9-3-6-15(19)16-7-4-10-22-16/h4,7,10,13-15,20H,2-3,5-6,8-9,11-12H2,1H3. The Labute approximate surface area is 136 Å². The van der Waals surface area contributed by atoms with Crippen LogP contribution in [0.5, 0.6) is 0 Å². The maximum Gasteiger partial charge on any atom is 0.237 e. The van der Waals surface area contributed by atoms with Crippen molar-refractivity contribution in [1.82, 2.24) is 9.80 Å². The Hall–Kier alpha value is -0.910. The normalized spacial score (nSPS) is 27.5. The molecular formula is C17H26N2O2S. The van der Waals surface area contributed by atoms with Crippen molar-refractivity contribution >= 4 is 17.2 Å². The van der Waals surface area contributed by atoms with Gasteiger partial charge in [0.2, 0.25) is 5.91 Å². The topological polar surface area (TPSA) is 43.8 Å². The Morgan fingerprint density at radius 3 is 2.95 bits per heavy atom. The molecule has 3 unspecified atom stereocenters. The second-order valence-electron chi connectivity index (χ2n) is 6.61. The van der Waals surface area contributed by atoms with Gasteiger partial charge in [-0.2, -0.15) is 0 Å². The van der Waals surface area contributed by atoms with Gasteiger partial charge >= 0.3 is 0 Å². The molecule has 1 aromatic heterocycles. The average Bonchev–Trinajstić information content (AvgIpc) is 3.18. The number of nitrogens with zero attached hydrogens (tertiary/aromatic N) is 2. The molecule has 0 aliphatic carbocycles. The molecule has 1 amide bonds. The summed E-state index contributed by atoms with van der Waals surface area (Å²) >= 11 is 1.75. The van der Waals surface area contributed by atoms with Crippen LogP contribution in [-0.4, -0.2) is 52.6 Å². The third kappa shape index (κ3) is 3.53. The van der Waals surface area contributed by atoms with E-state index in [0.717, 1.165) is 45.2 Å². The van der Waals surface area contributed by atoms with Gasteiger partial charge in [-0.15, -0.1) is 11.3 Å². The predicted molar refractivity (Wildman–Crippen MR) is 88.9 cm³/mol. The molecule has 3 atom stereocenters. The van der Waals surface area contributed by atoms with Crippen LogP contribution in [0, 0.1) is 0 Å². The lowest BCUT2D eigenvalue weighted by molar-refractivity contribution is -0.133. The van der Waals surface area contributed by atoms with Crippen molar-refractivity contribution in [3.8, 4) is 0 Å². The van der Waals surface area contributed by atoms with Gasteiger partial charge in [-0.3, -0.25) is 9.69 Å². The van der Waals surface area contributed by atoms with E-state index in [-0.39, 0.29) is 18.1 Å². The van der Waals surface area contributed by atoms with Crippen molar-refractivity contribution in [2.45, 2.75) is 57.2 Å². The third-order valence-corrected chi connectivity index (χ3v) is 5.87. The zero-order valence-corrected chi connectivity index (χ0v) is 14.1. The molecule has 122 valence electrons. The lowest BCUT2D eigenvalue weighted by atomic mass is 10.1. The van der Waals surface area contributed by atoms with E-state index in [4.69, 9.17) is 0 Å². The summed E-state index contributed by atoms with van der Waals surface area (Å²) in [5.74, 6) is 0.258. The molecular weight excluding hydrogens is 296 g/mol. The molecule has 1 aromatic rings. The molecule has 2 aliphatic rings. The van der Waals surface area contributed by atoms with Crippen LogP contribution in [0.4, 0.5) is 0 Å². The summed E-state index contributed by atoms with van der Waals surface area (Å²) in [6.45, 7) is 4.22. The second kappa shape index (κ2) is 7.11. The Bertz CT molecular complexity index is 489. The zero-order valence-electron chi connectivity index (χ0n) is 13.3. The van der Waals surface area contributed by atoms with Crippen LogP contribution in [0.1, 0.15) is 49.9 Å². The van der Waals surface area contributed by atoms with Crippen molar-refractivity contribution in [1.29, 1.82) is 0 Å². The minimum absolute atomic E-state index is 0.258. The number of carbonyl (C=O) groups excluding carboxylic acids is 1. The summed E-state index contributed by atoms with van der Waals surface area (Å²) in [4.78, 5) is 18.4. The fourth-order valence-corrected chi connectivity index (χ4v) is 4.74. The number of amides is 1. The van der Waals surface area contributed by atoms with E-state index >= 15 is 0 Å². The molecule has 3 rings (SSSR count). The van der Waals surface area contributed by atoms with Crippen LogP contribution in [0.3, 0.4) is 0 Å². The van der Waals surface area contributed by atoms with E-state index in [0.29, 0.717) is 12.6 Å². The number of thiophene rings is 1. The number of rotatable bonds is 5. The third-order valence-electron chi connectivity index (χ3n) is 4.90. The number of carbonyl (C=O) groups is 1. The van der Waals surface area contributed by atoms with E-state index in [2.05, 4.69) is 27.3 Å². The number of aliphatic hydroxyl groups is 1. The van der Waals surface area contributed by atoms with E-state index in [1.807, 2.05) is 6.92 Å². The lowest BCUT2D eigenvalue weighted by Crippen LogP contribution is -2.42. The Morgan fingerprint density at radius 2 is 2.23 bits per heavy atom. The highest BCUT2D eigenvalue weighted by Gasteiger charge is 2.33. The van der Waals surface area contributed by atoms with E-state index < -0.39 is 0 Å². The van der Waals surface area contributed by atoms with Gasteiger partial charge in [0.15, 0.2) is 0 Å². The summed E-state index contributed by atoms with van der Waals surface area (Å²) in [5, 5.41) is 11.7. The molecule has 1 N–H and O–H groups in total. The first kappa shape index (κ1) is 16.0. The van der Waals surface area contributed by atoms with Crippen LogP contribution in [0.2, 0.25) is 0 Å². The molecule has 0 bridgehead atoms. The van der Waals surface area contributed by atoms with Crippen molar-refractivity contribution in [2.75, 3.05) is 19.6 Å². The van der Waals surface area contributed by atoms with Crippen LogP contribution in [0.25, 0.3) is 0 Å². The highest BCUT2D eigenvalue weighted by molar-refractivity contribution is 7.10. The summed E-state index contributed by atoms with van der Waals surface area (Å²) in [7, 11) is 0. The molecule has 3 heterocycles. The first-order chi connectivity index (χ1) is 10.6. The van der Waals surface area contributed by atoms with Gasteiger partial charge < -0.3 is 10.0 Å². The predicted octanol–water partition coefficient (Wildman–Crippen LogP) is 2.65. The Balaban J connectivity index is 1.61. The van der Waals surface area contributed by atoms with Gasteiger partial charge in [0, 0.05) is 17.5 Å². The van der Waals surface area contributed by atoms with E-state index in [1.54, 1.807) is 11.3 Å². The van der Waals surface area contributed by atoms with E-state index in [1.165, 1.54) is 4.88 Å². The monoisotopic (exact) mass is 322 g/mol. The largest absolute Gasteiger partial charge is 0.393 e. The van der Waals surface area contributed by atoms with Crippen LogP contribution < -0.4 is 0 Å². The van der Waals surface area contributed by atoms with Crippen LogP contribution in [-0.2, 0) is 4.79 Å². The fraction of sp³-hybridized carbons (Fsp3) is 0.706.